The fourth-order valence-electron chi connectivity index (χ4n) is 1.75. The summed E-state index contributed by atoms with van der Waals surface area (Å²) in [4.78, 5) is 15.3. The molecule has 2 rings (SSSR count). The Hall–Kier alpha value is -1.77. The molecule has 0 saturated heterocycles. The summed E-state index contributed by atoms with van der Waals surface area (Å²) in [6, 6.07) is 8.72. The molecule has 0 aliphatic rings. The molecule has 1 atom stereocenters. The van der Waals surface area contributed by atoms with Crippen LogP contribution in [-0.2, 0) is 14.8 Å². The molecular formula is C13H14N2O4S2. The standard InChI is InChI=1S/C13H14N2O4S2/c1-9(10-6-4-3-5-7-10)15-21(17,18)13-11(12(16)19-2)14-8-20-13/h3-9,15H,1-2H3/t9-/m1/s1. The average molecular weight is 326 g/mol. The number of nitrogens with one attached hydrogen (secondary N) is 1. The SMILES string of the molecule is COC(=O)c1ncsc1S(=O)(=O)N[C@H](C)c1ccccc1. The molecule has 6 nitrogen and oxygen atoms in total. The number of hydrogen-bond donors (Lipinski definition) is 1. The monoisotopic (exact) mass is 326 g/mol. The summed E-state index contributed by atoms with van der Waals surface area (Å²) in [5.41, 5.74) is 1.93. The predicted molar refractivity (Wildman–Crippen MR) is 78.6 cm³/mol. The van der Waals surface area contributed by atoms with Gasteiger partial charge in [-0.1, -0.05) is 30.3 Å². The lowest BCUT2D eigenvalue weighted by Gasteiger charge is -2.14. The van der Waals surface area contributed by atoms with Crippen molar-refractivity contribution in [2.24, 2.45) is 0 Å². The molecule has 1 aromatic heterocycles. The Kier molecular flexibility index (Phi) is 4.71. The molecule has 0 saturated carbocycles. The highest BCUT2D eigenvalue weighted by Gasteiger charge is 2.28. The zero-order valence-electron chi connectivity index (χ0n) is 11.4. The van der Waals surface area contributed by atoms with Crippen LogP contribution in [0.15, 0.2) is 40.1 Å². The zero-order valence-corrected chi connectivity index (χ0v) is 13.1. The smallest absolute Gasteiger partial charge is 0.358 e. The molecule has 0 unspecified atom stereocenters. The normalized spacial score (nSPS) is 12.9. The highest BCUT2D eigenvalue weighted by Crippen LogP contribution is 2.23. The molecule has 0 amide bonds. The molecule has 112 valence electrons. The lowest BCUT2D eigenvalue weighted by molar-refractivity contribution is 0.0590. The van der Waals surface area contributed by atoms with Crippen molar-refractivity contribution in [2.45, 2.75) is 17.2 Å². The Bertz CT molecular complexity index is 726. The number of aromatic nitrogens is 1. The maximum atomic E-state index is 12.4. The van der Waals surface area contributed by atoms with Gasteiger partial charge in [-0.25, -0.2) is 22.9 Å². The van der Waals surface area contributed by atoms with E-state index < -0.39 is 22.0 Å². The number of hydrogen-bond acceptors (Lipinski definition) is 6. The Balaban J connectivity index is 2.27. The zero-order chi connectivity index (χ0) is 15.5. The first-order chi connectivity index (χ1) is 9.95. The number of carbonyl (C=O) groups is 1. The summed E-state index contributed by atoms with van der Waals surface area (Å²) in [5.74, 6) is -0.774. The summed E-state index contributed by atoms with van der Waals surface area (Å²) in [6.45, 7) is 1.73. The van der Waals surface area contributed by atoms with E-state index in [1.54, 1.807) is 6.92 Å². The largest absolute Gasteiger partial charge is 0.464 e. The van der Waals surface area contributed by atoms with Crippen molar-refractivity contribution in [3.8, 4) is 0 Å². The van der Waals surface area contributed by atoms with Gasteiger partial charge < -0.3 is 4.74 Å². The molecule has 0 aliphatic heterocycles. The van der Waals surface area contributed by atoms with E-state index in [0.717, 1.165) is 16.9 Å². The Labute approximate surface area is 126 Å². The molecule has 0 bridgehead atoms. The van der Waals surface area contributed by atoms with E-state index in [4.69, 9.17) is 0 Å². The van der Waals surface area contributed by atoms with Crippen molar-refractivity contribution >= 4 is 27.3 Å². The average Bonchev–Trinajstić information content (AvgIpc) is 2.97. The molecule has 1 aromatic carbocycles. The van der Waals surface area contributed by atoms with E-state index in [9.17, 15) is 13.2 Å². The van der Waals surface area contributed by atoms with Crippen LogP contribution in [0.3, 0.4) is 0 Å². The van der Waals surface area contributed by atoms with Crippen LogP contribution in [0.2, 0.25) is 0 Å². The second kappa shape index (κ2) is 6.33. The topological polar surface area (TPSA) is 85.4 Å². The molecule has 0 spiro atoms. The number of benzene rings is 1. The van der Waals surface area contributed by atoms with Crippen LogP contribution >= 0.6 is 11.3 Å². The highest BCUT2D eigenvalue weighted by molar-refractivity contribution is 7.91. The van der Waals surface area contributed by atoms with Crippen LogP contribution in [0.1, 0.15) is 29.0 Å². The number of sulfonamides is 1. The molecule has 0 aliphatic carbocycles. The van der Waals surface area contributed by atoms with Crippen LogP contribution in [0.4, 0.5) is 0 Å². The van der Waals surface area contributed by atoms with Crippen molar-refractivity contribution in [3.05, 3.63) is 47.1 Å². The Morgan fingerprint density at radius 1 is 1.33 bits per heavy atom. The van der Waals surface area contributed by atoms with Crippen LogP contribution in [0, 0.1) is 0 Å². The minimum Gasteiger partial charge on any atom is -0.464 e. The summed E-state index contributed by atoms with van der Waals surface area (Å²) >= 11 is 0.875. The molecule has 2 aromatic rings. The van der Waals surface area contributed by atoms with Crippen molar-refractivity contribution in [1.29, 1.82) is 0 Å². The first kappa shape index (κ1) is 15.6. The first-order valence-corrected chi connectivity index (χ1v) is 8.41. The van der Waals surface area contributed by atoms with Gasteiger partial charge in [0.25, 0.3) is 10.0 Å². The van der Waals surface area contributed by atoms with Gasteiger partial charge >= 0.3 is 5.97 Å². The lowest BCUT2D eigenvalue weighted by Crippen LogP contribution is -2.27. The molecule has 1 heterocycles. The highest BCUT2D eigenvalue weighted by atomic mass is 32.2. The van der Waals surface area contributed by atoms with E-state index in [-0.39, 0.29) is 9.90 Å². The fraction of sp³-hybridized carbons (Fsp3) is 0.231. The summed E-state index contributed by atoms with van der Waals surface area (Å²) < 4.78 is 31.7. The van der Waals surface area contributed by atoms with Gasteiger partial charge in [0.05, 0.1) is 12.6 Å². The van der Waals surface area contributed by atoms with Crippen LogP contribution in [0.5, 0.6) is 0 Å². The number of nitrogens with zero attached hydrogens (tertiary/aromatic N) is 1. The lowest BCUT2D eigenvalue weighted by atomic mass is 10.1. The van der Waals surface area contributed by atoms with E-state index in [1.165, 1.54) is 12.6 Å². The van der Waals surface area contributed by atoms with Crippen molar-refractivity contribution < 1.29 is 17.9 Å². The second-order valence-electron chi connectivity index (χ2n) is 4.23. The molecular weight excluding hydrogens is 312 g/mol. The summed E-state index contributed by atoms with van der Waals surface area (Å²) in [7, 11) is -2.67. The van der Waals surface area contributed by atoms with Gasteiger partial charge in [-0.3, -0.25) is 0 Å². The number of carbonyl (C=O) groups excluding carboxylic acids is 1. The second-order valence-corrected chi connectivity index (χ2v) is 7.00. The van der Waals surface area contributed by atoms with Gasteiger partial charge in [-0.05, 0) is 12.5 Å². The first-order valence-electron chi connectivity index (χ1n) is 6.05. The minimum atomic E-state index is -3.84. The Morgan fingerprint density at radius 2 is 2.00 bits per heavy atom. The number of rotatable bonds is 5. The summed E-state index contributed by atoms with van der Waals surface area (Å²) in [5, 5.41) is 0. The quantitative estimate of drug-likeness (QED) is 0.849. The van der Waals surface area contributed by atoms with Crippen LogP contribution in [-0.4, -0.2) is 26.5 Å². The molecule has 1 N–H and O–H groups in total. The molecule has 21 heavy (non-hydrogen) atoms. The molecule has 0 fully saturated rings. The number of thiazole rings is 1. The van der Waals surface area contributed by atoms with Gasteiger partial charge in [0, 0.05) is 6.04 Å². The van der Waals surface area contributed by atoms with E-state index >= 15 is 0 Å². The van der Waals surface area contributed by atoms with Gasteiger partial charge in [0.15, 0.2) is 9.90 Å². The van der Waals surface area contributed by atoms with Crippen LogP contribution < -0.4 is 4.72 Å². The van der Waals surface area contributed by atoms with E-state index in [2.05, 4.69) is 14.4 Å². The maximum absolute atomic E-state index is 12.4. The van der Waals surface area contributed by atoms with Gasteiger partial charge in [0.1, 0.15) is 0 Å². The molecule has 0 radical (unpaired) electrons. The van der Waals surface area contributed by atoms with Gasteiger partial charge in [-0.15, -0.1) is 11.3 Å². The third-order valence-corrected chi connectivity index (χ3v) is 5.70. The number of methoxy groups -OCH3 is 1. The van der Waals surface area contributed by atoms with Crippen molar-refractivity contribution in [2.75, 3.05) is 7.11 Å². The third kappa shape index (κ3) is 3.46. The maximum Gasteiger partial charge on any atom is 0.358 e. The van der Waals surface area contributed by atoms with E-state index in [0.29, 0.717) is 0 Å². The Morgan fingerprint density at radius 3 is 2.62 bits per heavy atom. The number of ether oxygens (including phenoxy) is 1. The third-order valence-electron chi connectivity index (χ3n) is 2.79. The minimum absolute atomic E-state index is 0.142. The van der Waals surface area contributed by atoms with Crippen LogP contribution in [0.25, 0.3) is 0 Å². The van der Waals surface area contributed by atoms with Crippen molar-refractivity contribution in [1.82, 2.24) is 9.71 Å². The fourth-order valence-corrected chi connectivity index (χ4v) is 4.14. The molecule has 8 heteroatoms. The van der Waals surface area contributed by atoms with E-state index in [1.807, 2.05) is 30.3 Å². The van der Waals surface area contributed by atoms with Crippen molar-refractivity contribution in [3.63, 3.8) is 0 Å². The predicted octanol–water partition coefficient (Wildman–Crippen LogP) is 1.97. The summed E-state index contributed by atoms with van der Waals surface area (Å²) in [6.07, 6.45) is 0. The van der Waals surface area contributed by atoms with Gasteiger partial charge in [-0.2, -0.15) is 0 Å². The number of esters is 1. The van der Waals surface area contributed by atoms with Gasteiger partial charge in [0.2, 0.25) is 0 Å².